The topological polar surface area (TPSA) is 46.6 Å². The second-order valence-electron chi connectivity index (χ2n) is 4.92. The molecule has 0 unspecified atom stereocenters. The van der Waals surface area contributed by atoms with Gasteiger partial charge in [0, 0.05) is 13.6 Å². The van der Waals surface area contributed by atoms with Crippen LogP contribution in [0.15, 0.2) is 18.2 Å². The minimum Gasteiger partial charge on any atom is -0.462 e. The van der Waals surface area contributed by atoms with Gasteiger partial charge in [0.15, 0.2) is 0 Å². The molecule has 1 aliphatic carbocycles. The number of amides is 1. The fourth-order valence-electron chi connectivity index (χ4n) is 2.42. The summed E-state index contributed by atoms with van der Waals surface area (Å²) in [6, 6.07) is 6.51. The van der Waals surface area contributed by atoms with Crippen molar-refractivity contribution in [3.63, 3.8) is 0 Å². The quantitative estimate of drug-likeness (QED) is 0.609. The van der Waals surface area contributed by atoms with Crippen molar-refractivity contribution in [3.05, 3.63) is 34.9 Å². The average molecular weight is 261 g/mol. The van der Waals surface area contributed by atoms with E-state index in [1.807, 2.05) is 0 Å². The van der Waals surface area contributed by atoms with E-state index in [2.05, 4.69) is 22.9 Å². The van der Waals surface area contributed by atoms with Gasteiger partial charge in [-0.05, 0) is 42.4 Å². The minimum atomic E-state index is -0.809. The molecule has 0 N–H and O–H groups in total. The largest absolute Gasteiger partial charge is 0.462 e. The van der Waals surface area contributed by atoms with Crippen molar-refractivity contribution in [2.45, 2.75) is 25.7 Å². The van der Waals surface area contributed by atoms with E-state index in [0.717, 1.165) is 12.8 Å². The summed E-state index contributed by atoms with van der Waals surface area (Å²) in [5, 5.41) is 0. The lowest BCUT2D eigenvalue weighted by Gasteiger charge is -2.15. The molecule has 0 aromatic heterocycles. The van der Waals surface area contributed by atoms with Gasteiger partial charge in [0.25, 0.3) is 0 Å². The number of fused-ring (bicyclic) bond motifs is 1. The van der Waals surface area contributed by atoms with Crippen molar-refractivity contribution < 1.29 is 14.3 Å². The molecular weight excluding hydrogens is 242 g/mol. The Morgan fingerprint density at radius 3 is 2.74 bits per heavy atom. The maximum absolute atomic E-state index is 11.5. The van der Waals surface area contributed by atoms with Gasteiger partial charge in [-0.2, -0.15) is 0 Å². The second-order valence-corrected chi connectivity index (χ2v) is 4.92. The van der Waals surface area contributed by atoms with Crippen LogP contribution in [-0.2, 0) is 33.6 Å². The molecule has 0 saturated heterocycles. The third-order valence-electron chi connectivity index (χ3n) is 3.61. The Hall–Kier alpha value is -1.84. The van der Waals surface area contributed by atoms with Crippen molar-refractivity contribution in [2.75, 3.05) is 20.7 Å². The molecule has 0 bridgehead atoms. The van der Waals surface area contributed by atoms with E-state index in [9.17, 15) is 9.59 Å². The Kier molecular flexibility index (Phi) is 4.20. The van der Waals surface area contributed by atoms with E-state index in [1.54, 1.807) is 7.05 Å². The predicted molar refractivity (Wildman–Crippen MR) is 71.8 cm³/mol. The number of hydrogen-bond acceptors (Lipinski definition) is 3. The van der Waals surface area contributed by atoms with Crippen molar-refractivity contribution in [2.24, 2.45) is 0 Å². The SMILES string of the molecule is COC(=O)C(=O)N(C)CCc1ccc2c(c1)CCC2. The summed E-state index contributed by atoms with van der Waals surface area (Å²) in [5.41, 5.74) is 4.09. The summed E-state index contributed by atoms with van der Waals surface area (Å²) in [7, 11) is 2.83. The first kappa shape index (κ1) is 13.6. The van der Waals surface area contributed by atoms with Crippen LogP contribution in [0, 0.1) is 0 Å². The highest BCUT2D eigenvalue weighted by Gasteiger charge is 2.19. The Balaban J connectivity index is 1.92. The molecule has 0 saturated carbocycles. The number of likely N-dealkylation sites (N-methyl/N-ethyl adjacent to an activating group) is 1. The van der Waals surface area contributed by atoms with Gasteiger partial charge in [0.2, 0.25) is 0 Å². The summed E-state index contributed by atoms with van der Waals surface area (Å²) in [6.07, 6.45) is 4.32. The van der Waals surface area contributed by atoms with Crippen LogP contribution < -0.4 is 0 Å². The zero-order valence-corrected chi connectivity index (χ0v) is 11.4. The molecule has 2 rings (SSSR count). The van der Waals surface area contributed by atoms with E-state index in [0.29, 0.717) is 6.54 Å². The van der Waals surface area contributed by atoms with E-state index in [4.69, 9.17) is 0 Å². The van der Waals surface area contributed by atoms with E-state index >= 15 is 0 Å². The number of benzene rings is 1. The molecule has 102 valence electrons. The van der Waals surface area contributed by atoms with Gasteiger partial charge >= 0.3 is 11.9 Å². The summed E-state index contributed by atoms with van der Waals surface area (Å²) >= 11 is 0. The first-order valence-corrected chi connectivity index (χ1v) is 6.56. The standard InChI is InChI=1S/C15H19NO3/c1-16(14(17)15(18)19-2)9-8-11-6-7-12-4-3-5-13(12)10-11/h6-7,10H,3-5,8-9H2,1-2H3. The molecule has 4 heteroatoms. The first-order chi connectivity index (χ1) is 9.11. The highest BCUT2D eigenvalue weighted by molar-refractivity contribution is 6.32. The van der Waals surface area contributed by atoms with Crippen LogP contribution in [0.1, 0.15) is 23.1 Å². The van der Waals surface area contributed by atoms with Crippen molar-refractivity contribution in [3.8, 4) is 0 Å². The second kappa shape index (κ2) is 5.87. The monoisotopic (exact) mass is 261 g/mol. The van der Waals surface area contributed by atoms with Gasteiger partial charge in [-0.25, -0.2) is 4.79 Å². The van der Waals surface area contributed by atoms with Gasteiger partial charge in [-0.1, -0.05) is 18.2 Å². The molecule has 0 atom stereocenters. The van der Waals surface area contributed by atoms with Crippen LogP contribution in [-0.4, -0.2) is 37.5 Å². The molecule has 0 fully saturated rings. The molecule has 4 nitrogen and oxygen atoms in total. The Labute approximate surface area is 113 Å². The van der Waals surface area contributed by atoms with Crippen molar-refractivity contribution >= 4 is 11.9 Å². The summed E-state index contributed by atoms with van der Waals surface area (Å²) in [4.78, 5) is 24.0. The molecule has 1 aliphatic rings. The molecular formula is C15H19NO3. The Morgan fingerprint density at radius 1 is 1.26 bits per heavy atom. The molecule has 0 heterocycles. The number of methoxy groups -OCH3 is 1. The van der Waals surface area contributed by atoms with Gasteiger partial charge < -0.3 is 9.64 Å². The van der Waals surface area contributed by atoms with Crippen LogP contribution >= 0.6 is 0 Å². The van der Waals surface area contributed by atoms with Crippen molar-refractivity contribution in [1.82, 2.24) is 4.90 Å². The van der Waals surface area contributed by atoms with Gasteiger partial charge in [-0.15, -0.1) is 0 Å². The number of rotatable bonds is 3. The summed E-state index contributed by atoms with van der Waals surface area (Å²) < 4.78 is 4.42. The highest BCUT2D eigenvalue weighted by Crippen LogP contribution is 2.22. The molecule has 0 radical (unpaired) electrons. The van der Waals surface area contributed by atoms with Crippen molar-refractivity contribution in [1.29, 1.82) is 0 Å². The van der Waals surface area contributed by atoms with E-state index in [-0.39, 0.29) is 0 Å². The summed E-state index contributed by atoms with van der Waals surface area (Å²) in [6.45, 7) is 0.521. The van der Waals surface area contributed by atoms with E-state index in [1.165, 1.54) is 41.5 Å². The van der Waals surface area contributed by atoms with Crippen LogP contribution in [0.2, 0.25) is 0 Å². The van der Waals surface area contributed by atoms with Crippen LogP contribution in [0.4, 0.5) is 0 Å². The molecule has 19 heavy (non-hydrogen) atoms. The minimum absolute atomic E-state index is 0.521. The number of aryl methyl sites for hydroxylation is 2. The normalized spacial score (nSPS) is 12.9. The molecule has 0 spiro atoms. The third kappa shape index (κ3) is 3.13. The highest BCUT2D eigenvalue weighted by atomic mass is 16.5. The van der Waals surface area contributed by atoms with Crippen LogP contribution in [0.3, 0.4) is 0 Å². The zero-order chi connectivity index (χ0) is 13.8. The number of hydrogen-bond donors (Lipinski definition) is 0. The maximum Gasteiger partial charge on any atom is 0.396 e. The van der Waals surface area contributed by atoms with Crippen LogP contribution in [0.25, 0.3) is 0 Å². The predicted octanol–water partition coefficient (Wildman–Crippen LogP) is 1.35. The molecule has 1 amide bonds. The van der Waals surface area contributed by atoms with Gasteiger partial charge in [-0.3, -0.25) is 4.79 Å². The lowest BCUT2D eigenvalue weighted by atomic mass is 10.0. The lowest BCUT2D eigenvalue weighted by molar-refractivity contribution is -0.157. The number of ether oxygens (including phenoxy) is 1. The van der Waals surface area contributed by atoms with Gasteiger partial charge in [0.05, 0.1) is 7.11 Å². The van der Waals surface area contributed by atoms with E-state index < -0.39 is 11.9 Å². The molecule has 0 aliphatic heterocycles. The number of nitrogens with zero attached hydrogens (tertiary/aromatic N) is 1. The van der Waals surface area contributed by atoms with Crippen LogP contribution in [0.5, 0.6) is 0 Å². The maximum atomic E-state index is 11.5. The zero-order valence-electron chi connectivity index (χ0n) is 11.4. The number of carbonyl (C=O) groups excluding carboxylic acids is 2. The fourth-order valence-corrected chi connectivity index (χ4v) is 2.42. The van der Waals surface area contributed by atoms with Gasteiger partial charge in [0.1, 0.15) is 0 Å². The third-order valence-corrected chi connectivity index (χ3v) is 3.61. The number of carbonyl (C=O) groups is 2. The first-order valence-electron chi connectivity index (χ1n) is 6.56. The Bertz CT molecular complexity index is 496. The smallest absolute Gasteiger partial charge is 0.396 e. The molecule has 1 aromatic carbocycles. The molecule has 1 aromatic rings. The fraction of sp³-hybridized carbons (Fsp3) is 0.467. The summed E-state index contributed by atoms with van der Waals surface area (Å²) in [5.74, 6) is -1.40. The average Bonchev–Trinajstić information content (AvgIpc) is 2.90. The Morgan fingerprint density at radius 2 is 2.00 bits per heavy atom. The lowest BCUT2D eigenvalue weighted by Crippen LogP contribution is -2.35. The number of esters is 1.